The van der Waals surface area contributed by atoms with Gasteiger partial charge in [0.2, 0.25) is 0 Å². The lowest BCUT2D eigenvalue weighted by atomic mass is 10.1. The maximum Gasteiger partial charge on any atom is 0.257 e. The molecule has 0 spiro atoms. The van der Waals surface area contributed by atoms with Gasteiger partial charge in [-0.1, -0.05) is 24.3 Å². The lowest BCUT2D eigenvalue weighted by molar-refractivity contribution is 0.0977. The fourth-order valence-electron chi connectivity index (χ4n) is 3.36. The van der Waals surface area contributed by atoms with Crippen molar-refractivity contribution in [3.63, 3.8) is 0 Å². The molecule has 0 aliphatic rings. The first-order chi connectivity index (χ1) is 15.9. The summed E-state index contributed by atoms with van der Waals surface area (Å²) in [5, 5.41) is 5.96. The molecule has 0 aliphatic heterocycles. The van der Waals surface area contributed by atoms with Gasteiger partial charge in [-0.15, -0.1) is 0 Å². The molecule has 33 heavy (non-hydrogen) atoms. The number of thiocarbonyl (C=S) groups is 1. The molecule has 6 nitrogen and oxygen atoms in total. The van der Waals surface area contributed by atoms with E-state index in [1.165, 1.54) is 0 Å². The van der Waals surface area contributed by atoms with Crippen molar-refractivity contribution >= 4 is 40.0 Å². The first kappa shape index (κ1) is 22.5. The molecule has 1 aromatic heterocycles. The monoisotopic (exact) mass is 459 g/mol. The van der Waals surface area contributed by atoms with E-state index in [2.05, 4.69) is 15.6 Å². The number of aromatic nitrogens is 1. The third-order valence-electron chi connectivity index (χ3n) is 4.85. The van der Waals surface area contributed by atoms with Gasteiger partial charge >= 0.3 is 0 Å². The van der Waals surface area contributed by atoms with Crippen LogP contribution < -0.4 is 15.4 Å². The quantitative estimate of drug-likeness (QED) is 0.363. The molecule has 0 saturated carbocycles. The third-order valence-corrected chi connectivity index (χ3v) is 5.05. The van der Waals surface area contributed by atoms with Crippen LogP contribution in [0.2, 0.25) is 0 Å². The van der Waals surface area contributed by atoms with Crippen LogP contribution in [-0.2, 0) is 6.42 Å². The lowest BCUT2D eigenvalue weighted by Gasteiger charge is -2.12. The minimum absolute atomic E-state index is 0.0286. The summed E-state index contributed by atoms with van der Waals surface area (Å²) in [6, 6.07) is 20.7. The van der Waals surface area contributed by atoms with Gasteiger partial charge in [0.25, 0.3) is 5.91 Å². The highest BCUT2D eigenvalue weighted by Gasteiger charge is 2.11. The summed E-state index contributed by atoms with van der Waals surface area (Å²) in [6.45, 7) is 5.90. The second-order valence-electron chi connectivity index (χ2n) is 8.06. The van der Waals surface area contributed by atoms with E-state index in [9.17, 15) is 4.79 Å². The molecule has 3 aromatic carbocycles. The molecule has 7 heteroatoms. The summed E-state index contributed by atoms with van der Waals surface area (Å²) < 4.78 is 11.5. The summed E-state index contributed by atoms with van der Waals surface area (Å²) in [5.74, 6) is 1.01. The van der Waals surface area contributed by atoms with Crippen molar-refractivity contribution in [3.05, 3.63) is 89.3 Å². The van der Waals surface area contributed by atoms with Gasteiger partial charge in [0.05, 0.1) is 6.10 Å². The fourth-order valence-corrected chi connectivity index (χ4v) is 3.57. The Labute approximate surface area is 198 Å². The smallest absolute Gasteiger partial charge is 0.257 e. The van der Waals surface area contributed by atoms with Crippen LogP contribution in [0.4, 0.5) is 5.69 Å². The number of fused-ring (bicyclic) bond motifs is 1. The number of benzene rings is 3. The number of hydrogen-bond donors (Lipinski definition) is 2. The molecule has 4 aromatic rings. The van der Waals surface area contributed by atoms with E-state index in [4.69, 9.17) is 21.4 Å². The van der Waals surface area contributed by atoms with Crippen molar-refractivity contribution in [2.75, 3.05) is 5.32 Å². The Morgan fingerprint density at radius 1 is 1.09 bits per heavy atom. The molecule has 0 fully saturated rings. The van der Waals surface area contributed by atoms with Crippen LogP contribution in [-0.4, -0.2) is 22.1 Å². The van der Waals surface area contributed by atoms with E-state index in [0.29, 0.717) is 23.6 Å². The molecule has 1 amide bonds. The number of aryl methyl sites for hydroxylation is 1. The molecule has 0 bridgehead atoms. The average molecular weight is 460 g/mol. The van der Waals surface area contributed by atoms with Crippen LogP contribution in [0.1, 0.15) is 41.2 Å². The van der Waals surface area contributed by atoms with Crippen molar-refractivity contribution in [3.8, 4) is 5.75 Å². The Bertz CT molecular complexity index is 1300. The Hall–Kier alpha value is -3.71. The Kier molecular flexibility index (Phi) is 6.70. The van der Waals surface area contributed by atoms with Crippen LogP contribution in [0.5, 0.6) is 5.75 Å². The first-order valence-electron chi connectivity index (χ1n) is 10.7. The number of nitrogens with zero attached hydrogens (tertiary/aromatic N) is 1. The second-order valence-corrected chi connectivity index (χ2v) is 8.46. The number of carbonyl (C=O) groups is 1. The number of rotatable bonds is 6. The van der Waals surface area contributed by atoms with Crippen molar-refractivity contribution < 1.29 is 13.9 Å². The zero-order chi connectivity index (χ0) is 23.4. The minimum atomic E-state index is -0.301. The highest BCUT2D eigenvalue weighted by Crippen LogP contribution is 2.20. The zero-order valence-electron chi connectivity index (χ0n) is 18.7. The summed E-state index contributed by atoms with van der Waals surface area (Å²) in [7, 11) is 0. The zero-order valence-corrected chi connectivity index (χ0v) is 19.5. The molecule has 0 radical (unpaired) electrons. The molecule has 1 heterocycles. The number of hydrogen-bond acceptors (Lipinski definition) is 5. The van der Waals surface area contributed by atoms with E-state index in [0.717, 1.165) is 27.9 Å². The lowest BCUT2D eigenvalue weighted by Crippen LogP contribution is -2.34. The van der Waals surface area contributed by atoms with E-state index < -0.39 is 0 Å². The largest absolute Gasteiger partial charge is 0.491 e. The molecular weight excluding hydrogens is 434 g/mol. The first-order valence-corrected chi connectivity index (χ1v) is 11.1. The molecule has 0 saturated heterocycles. The van der Waals surface area contributed by atoms with Gasteiger partial charge in [-0.3, -0.25) is 10.1 Å². The van der Waals surface area contributed by atoms with Gasteiger partial charge in [0, 0.05) is 17.7 Å². The van der Waals surface area contributed by atoms with Crippen molar-refractivity contribution in [1.29, 1.82) is 0 Å². The fraction of sp³-hybridized carbons (Fsp3) is 0.192. The van der Waals surface area contributed by atoms with E-state index >= 15 is 0 Å². The Morgan fingerprint density at radius 3 is 2.64 bits per heavy atom. The van der Waals surface area contributed by atoms with Gasteiger partial charge in [0.1, 0.15) is 11.3 Å². The average Bonchev–Trinajstić information content (AvgIpc) is 3.16. The van der Waals surface area contributed by atoms with E-state index in [1.807, 2.05) is 69.3 Å². The Morgan fingerprint density at radius 2 is 1.88 bits per heavy atom. The van der Waals surface area contributed by atoms with Crippen molar-refractivity contribution in [1.82, 2.24) is 10.3 Å². The predicted molar refractivity (Wildman–Crippen MR) is 134 cm³/mol. The maximum absolute atomic E-state index is 12.5. The SMILES string of the molecule is Cc1ccc2oc(Cc3ccc(NC(=S)NC(=O)c4cccc(OC(C)C)c4)cc3)nc2c1. The highest BCUT2D eigenvalue weighted by molar-refractivity contribution is 7.80. The van der Waals surface area contributed by atoms with E-state index in [-0.39, 0.29) is 17.1 Å². The Balaban J connectivity index is 1.34. The van der Waals surface area contributed by atoms with Crippen LogP contribution in [0.3, 0.4) is 0 Å². The van der Waals surface area contributed by atoms with Crippen LogP contribution in [0.25, 0.3) is 11.1 Å². The number of anilines is 1. The molecule has 2 N–H and O–H groups in total. The summed E-state index contributed by atoms with van der Waals surface area (Å²) >= 11 is 5.30. The van der Waals surface area contributed by atoms with Crippen LogP contribution in [0.15, 0.2) is 71.1 Å². The normalized spacial score (nSPS) is 10.9. The molecule has 0 unspecified atom stereocenters. The summed E-state index contributed by atoms with van der Waals surface area (Å²) in [4.78, 5) is 17.1. The van der Waals surface area contributed by atoms with Gasteiger partial charge in [-0.05, 0) is 86.6 Å². The number of amides is 1. The number of oxazole rings is 1. The topological polar surface area (TPSA) is 76.4 Å². The molecule has 4 rings (SSSR count). The van der Waals surface area contributed by atoms with Crippen LogP contribution >= 0.6 is 12.2 Å². The number of ether oxygens (including phenoxy) is 1. The number of nitrogens with one attached hydrogen (secondary N) is 2. The predicted octanol–water partition coefficient (Wildman–Crippen LogP) is 5.64. The molecular formula is C26H25N3O3S. The van der Waals surface area contributed by atoms with Gasteiger partial charge in [0.15, 0.2) is 16.6 Å². The molecule has 0 atom stereocenters. The maximum atomic E-state index is 12.5. The van der Waals surface area contributed by atoms with Gasteiger partial charge < -0.3 is 14.5 Å². The van der Waals surface area contributed by atoms with Crippen molar-refractivity contribution in [2.24, 2.45) is 0 Å². The minimum Gasteiger partial charge on any atom is -0.491 e. The third kappa shape index (κ3) is 5.96. The van der Waals surface area contributed by atoms with Crippen LogP contribution in [0, 0.1) is 6.92 Å². The highest BCUT2D eigenvalue weighted by atomic mass is 32.1. The number of carbonyl (C=O) groups excluding carboxylic acids is 1. The molecule has 168 valence electrons. The van der Waals surface area contributed by atoms with Gasteiger partial charge in [-0.2, -0.15) is 0 Å². The summed E-state index contributed by atoms with van der Waals surface area (Å²) in [6.07, 6.45) is 0.616. The van der Waals surface area contributed by atoms with Crippen molar-refractivity contribution in [2.45, 2.75) is 33.3 Å². The standard InChI is InChI=1S/C26H25N3O3S/c1-16(2)31-21-6-4-5-19(15-21)25(30)29-26(33)27-20-10-8-18(9-11-20)14-24-28-22-13-17(3)7-12-23(22)32-24/h4-13,15-16H,14H2,1-3H3,(H2,27,29,30,33). The van der Waals surface area contributed by atoms with Gasteiger partial charge in [-0.25, -0.2) is 4.98 Å². The second kappa shape index (κ2) is 9.83. The summed E-state index contributed by atoms with van der Waals surface area (Å²) in [5.41, 5.74) is 5.11. The van der Waals surface area contributed by atoms with E-state index in [1.54, 1.807) is 18.2 Å². The molecule has 0 aliphatic carbocycles.